The van der Waals surface area contributed by atoms with Crippen molar-refractivity contribution < 1.29 is 9.47 Å². The first kappa shape index (κ1) is 17.4. The number of nitrogens with zero attached hydrogens (tertiary/aromatic N) is 4. The molecule has 0 bridgehead atoms. The lowest BCUT2D eigenvalue weighted by Gasteiger charge is -2.27. The van der Waals surface area contributed by atoms with E-state index in [4.69, 9.17) is 25.2 Å². The highest BCUT2D eigenvalue weighted by Crippen LogP contribution is 2.43. The van der Waals surface area contributed by atoms with Crippen LogP contribution in [0.4, 0.5) is 0 Å². The average molecular weight is 385 g/mol. The van der Waals surface area contributed by atoms with Gasteiger partial charge in [0.15, 0.2) is 11.5 Å². The van der Waals surface area contributed by atoms with Gasteiger partial charge in [-0.15, -0.1) is 0 Å². The zero-order valence-electron chi connectivity index (χ0n) is 15.9. The summed E-state index contributed by atoms with van der Waals surface area (Å²) in [5.41, 5.74) is 9.55. The molecular formula is C22H19N5O2. The van der Waals surface area contributed by atoms with Crippen molar-refractivity contribution in [3.8, 4) is 22.6 Å². The first-order valence-corrected chi connectivity index (χ1v) is 9.34. The van der Waals surface area contributed by atoms with Gasteiger partial charge < -0.3 is 15.2 Å². The Balaban J connectivity index is 1.68. The van der Waals surface area contributed by atoms with Crippen LogP contribution in [0.5, 0.6) is 11.5 Å². The third-order valence-corrected chi connectivity index (χ3v) is 5.09. The summed E-state index contributed by atoms with van der Waals surface area (Å²) in [4.78, 5) is 17.9. The first-order valence-electron chi connectivity index (χ1n) is 9.34. The van der Waals surface area contributed by atoms with Crippen LogP contribution in [0.25, 0.3) is 11.1 Å². The maximum absolute atomic E-state index is 6.16. The molecule has 0 aliphatic carbocycles. The Morgan fingerprint density at radius 1 is 0.862 bits per heavy atom. The molecule has 1 unspecified atom stereocenters. The highest BCUT2D eigenvalue weighted by Gasteiger charge is 2.39. The molecule has 7 heteroatoms. The number of rotatable bonds is 3. The van der Waals surface area contributed by atoms with Crippen LogP contribution in [0, 0.1) is 0 Å². The Bertz CT molecular complexity index is 1120. The van der Waals surface area contributed by atoms with E-state index in [1.807, 2.05) is 49.4 Å². The van der Waals surface area contributed by atoms with Crippen molar-refractivity contribution in [2.75, 3.05) is 13.2 Å². The number of hydrogen-bond donors (Lipinski definition) is 1. The summed E-state index contributed by atoms with van der Waals surface area (Å²) in [7, 11) is 0. The number of nitrogens with two attached hydrogens (primary N) is 1. The van der Waals surface area contributed by atoms with Crippen molar-refractivity contribution in [2.24, 2.45) is 15.7 Å². The van der Waals surface area contributed by atoms with Crippen LogP contribution in [0.15, 0.2) is 71.2 Å². The Hall–Kier alpha value is -3.74. The molecule has 3 aromatic rings. The maximum atomic E-state index is 6.16. The van der Waals surface area contributed by atoms with Gasteiger partial charge in [0.25, 0.3) is 0 Å². The van der Waals surface area contributed by atoms with Gasteiger partial charge in [0, 0.05) is 29.1 Å². The van der Waals surface area contributed by atoms with Crippen molar-refractivity contribution in [2.45, 2.75) is 12.6 Å². The minimum absolute atomic E-state index is 0.424. The molecule has 1 atom stereocenters. The fourth-order valence-electron chi connectivity index (χ4n) is 3.63. The Morgan fingerprint density at radius 3 is 2.38 bits per heavy atom. The van der Waals surface area contributed by atoms with Crippen molar-refractivity contribution in [1.29, 1.82) is 0 Å². The van der Waals surface area contributed by atoms with E-state index in [9.17, 15) is 0 Å². The zero-order chi connectivity index (χ0) is 19.8. The van der Waals surface area contributed by atoms with E-state index >= 15 is 0 Å². The number of amidine groups is 1. The maximum Gasteiger partial charge on any atom is 0.204 e. The van der Waals surface area contributed by atoms with Crippen LogP contribution in [0.1, 0.15) is 18.1 Å². The number of fused-ring (bicyclic) bond motifs is 1. The molecule has 144 valence electrons. The molecule has 2 aromatic carbocycles. The fourth-order valence-corrected chi connectivity index (χ4v) is 3.63. The minimum atomic E-state index is -0.977. The van der Waals surface area contributed by atoms with E-state index in [-0.39, 0.29) is 0 Å². The Labute approximate surface area is 168 Å². The smallest absolute Gasteiger partial charge is 0.204 e. The van der Waals surface area contributed by atoms with E-state index in [1.165, 1.54) is 6.33 Å². The van der Waals surface area contributed by atoms with Crippen LogP contribution < -0.4 is 15.2 Å². The standard InChI is InChI=1S/C22H19N5O2/c1-14-21(23)27-22(26-14,18-5-6-19-20(10-18)29-8-7-28-19)17-4-2-3-15(9-17)16-11-24-13-25-12-16/h2-6,9-13H,7-8H2,1H3,(H2,23,27). The second-order valence-electron chi connectivity index (χ2n) is 6.93. The normalized spacial score (nSPS) is 20.2. The molecule has 3 heterocycles. The third-order valence-electron chi connectivity index (χ3n) is 5.09. The molecule has 2 aliphatic rings. The zero-order valence-corrected chi connectivity index (χ0v) is 15.9. The highest BCUT2D eigenvalue weighted by molar-refractivity contribution is 6.41. The molecule has 0 spiro atoms. The van der Waals surface area contributed by atoms with Crippen LogP contribution in [0.3, 0.4) is 0 Å². The summed E-state index contributed by atoms with van der Waals surface area (Å²) in [6, 6.07) is 13.8. The highest BCUT2D eigenvalue weighted by atomic mass is 16.6. The minimum Gasteiger partial charge on any atom is -0.486 e. The molecule has 7 nitrogen and oxygen atoms in total. The van der Waals surface area contributed by atoms with Gasteiger partial charge >= 0.3 is 0 Å². The Kier molecular flexibility index (Phi) is 4.01. The number of hydrogen-bond acceptors (Lipinski definition) is 7. The van der Waals surface area contributed by atoms with Gasteiger partial charge in [0.1, 0.15) is 25.4 Å². The van der Waals surface area contributed by atoms with E-state index in [0.29, 0.717) is 30.5 Å². The van der Waals surface area contributed by atoms with Gasteiger partial charge in [-0.25, -0.2) is 20.0 Å². The van der Waals surface area contributed by atoms with Gasteiger partial charge in [0.2, 0.25) is 5.66 Å². The van der Waals surface area contributed by atoms with E-state index in [1.54, 1.807) is 12.4 Å². The topological polar surface area (TPSA) is 95.0 Å². The van der Waals surface area contributed by atoms with Crippen LogP contribution in [-0.4, -0.2) is 34.7 Å². The fraction of sp³-hybridized carbons (Fsp3) is 0.182. The quantitative estimate of drug-likeness (QED) is 0.748. The predicted molar refractivity (Wildman–Crippen MR) is 110 cm³/mol. The molecule has 5 rings (SSSR count). The summed E-state index contributed by atoms with van der Waals surface area (Å²) >= 11 is 0. The monoisotopic (exact) mass is 385 g/mol. The second-order valence-corrected chi connectivity index (χ2v) is 6.93. The first-order chi connectivity index (χ1) is 14.2. The lowest BCUT2D eigenvalue weighted by Crippen LogP contribution is -2.23. The molecule has 0 radical (unpaired) electrons. The summed E-state index contributed by atoms with van der Waals surface area (Å²) in [5, 5.41) is 0. The summed E-state index contributed by atoms with van der Waals surface area (Å²) < 4.78 is 11.4. The number of benzene rings is 2. The van der Waals surface area contributed by atoms with Crippen molar-refractivity contribution in [3.63, 3.8) is 0 Å². The lowest BCUT2D eigenvalue weighted by atomic mass is 9.90. The van der Waals surface area contributed by atoms with Gasteiger partial charge in [0.05, 0.1) is 5.71 Å². The molecule has 1 aromatic heterocycles. The SMILES string of the molecule is CC1=NC(c2cccc(-c3cncnc3)c2)(c2ccc3c(c2)OCCO3)N=C1N. The third kappa shape index (κ3) is 2.91. The molecule has 2 aliphatic heterocycles. The number of aliphatic imine (C=N–C) groups is 2. The molecule has 29 heavy (non-hydrogen) atoms. The van der Waals surface area contributed by atoms with Crippen molar-refractivity contribution >= 4 is 11.5 Å². The van der Waals surface area contributed by atoms with E-state index in [0.717, 1.165) is 28.0 Å². The molecule has 0 amide bonds. The van der Waals surface area contributed by atoms with Gasteiger partial charge in [-0.2, -0.15) is 0 Å². The number of aromatic nitrogens is 2. The van der Waals surface area contributed by atoms with Gasteiger partial charge in [-0.1, -0.05) is 24.3 Å². The van der Waals surface area contributed by atoms with Crippen LogP contribution in [0.2, 0.25) is 0 Å². The van der Waals surface area contributed by atoms with E-state index in [2.05, 4.69) is 9.97 Å². The molecule has 0 saturated heterocycles. The summed E-state index contributed by atoms with van der Waals surface area (Å²) in [5.74, 6) is 1.84. The summed E-state index contributed by atoms with van der Waals surface area (Å²) in [6.07, 6.45) is 5.08. The summed E-state index contributed by atoms with van der Waals surface area (Å²) in [6.45, 7) is 2.93. The van der Waals surface area contributed by atoms with Gasteiger partial charge in [-0.3, -0.25) is 0 Å². The van der Waals surface area contributed by atoms with Crippen LogP contribution in [-0.2, 0) is 5.66 Å². The number of ether oxygens (including phenoxy) is 2. The van der Waals surface area contributed by atoms with E-state index < -0.39 is 5.66 Å². The molecule has 2 N–H and O–H groups in total. The van der Waals surface area contributed by atoms with Crippen molar-refractivity contribution in [3.05, 3.63) is 72.3 Å². The van der Waals surface area contributed by atoms with Crippen LogP contribution >= 0.6 is 0 Å². The average Bonchev–Trinajstić information content (AvgIpc) is 3.09. The largest absolute Gasteiger partial charge is 0.486 e. The molecular weight excluding hydrogens is 366 g/mol. The molecule has 0 saturated carbocycles. The van der Waals surface area contributed by atoms with Gasteiger partial charge in [-0.05, 0) is 30.7 Å². The lowest BCUT2D eigenvalue weighted by molar-refractivity contribution is 0.171. The predicted octanol–water partition coefficient (Wildman–Crippen LogP) is 2.95. The Morgan fingerprint density at radius 2 is 1.62 bits per heavy atom. The molecule has 0 fully saturated rings. The second kappa shape index (κ2) is 6.70. The van der Waals surface area contributed by atoms with Crippen molar-refractivity contribution in [1.82, 2.24) is 9.97 Å².